The van der Waals surface area contributed by atoms with Crippen molar-refractivity contribution in [3.05, 3.63) is 57.4 Å². The Morgan fingerprint density at radius 3 is 2.45 bits per heavy atom. The lowest BCUT2D eigenvalue weighted by atomic mass is 10.0. The molecule has 0 saturated heterocycles. The number of benzene rings is 1. The lowest BCUT2D eigenvalue weighted by Crippen LogP contribution is -2.24. The van der Waals surface area contributed by atoms with Crippen LogP contribution in [0.5, 0.6) is 0 Å². The van der Waals surface area contributed by atoms with E-state index in [4.69, 9.17) is 11.6 Å². The van der Waals surface area contributed by atoms with E-state index in [2.05, 4.69) is 39.0 Å². The van der Waals surface area contributed by atoms with Crippen LogP contribution in [0, 0.1) is 13.8 Å². The largest absolute Gasteiger partial charge is 0.308 e. The molecule has 0 fully saturated rings. The summed E-state index contributed by atoms with van der Waals surface area (Å²) in [7, 11) is 0. The molecule has 0 N–H and O–H groups in total. The predicted molar refractivity (Wildman–Crippen MR) is 85.5 cm³/mol. The lowest BCUT2D eigenvalue weighted by molar-refractivity contribution is 0.656. The molecule has 0 unspecified atom stereocenters. The Hall–Kier alpha value is -1.54. The maximum atomic E-state index is 12.4. The SMILES string of the molecule is CCCn1c(-c2ccc(C)c(C)c2)ccc(CCl)c1=O. The van der Waals surface area contributed by atoms with Gasteiger partial charge in [-0.05, 0) is 49.1 Å². The van der Waals surface area contributed by atoms with Crippen LogP contribution >= 0.6 is 11.6 Å². The van der Waals surface area contributed by atoms with E-state index in [9.17, 15) is 4.79 Å². The molecule has 1 heterocycles. The van der Waals surface area contributed by atoms with Crippen LogP contribution < -0.4 is 5.56 Å². The predicted octanol–water partition coefficient (Wildman–Crippen LogP) is 4.28. The van der Waals surface area contributed by atoms with Crippen molar-refractivity contribution >= 4 is 11.6 Å². The summed E-state index contributed by atoms with van der Waals surface area (Å²) in [5, 5.41) is 0. The fourth-order valence-corrected chi connectivity index (χ4v) is 2.53. The zero-order valence-corrected chi connectivity index (χ0v) is 13.0. The number of hydrogen-bond donors (Lipinski definition) is 0. The summed E-state index contributed by atoms with van der Waals surface area (Å²) in [6.07, 6.45) is 0.920. The zero-order chi connectivity index (χ0) is 14.7. The summed E-state index contributed by atoms with van der Waals surface area (Å²) in [5.74, 6) is 0.260. The van der Waals surface area contributed by atoms with E-state index < -0.39 is 0 Å². The fraction of sp³-hybridized carbons (Fsp3) is 0.353. The molecule has 2 aromatic rings. The quantitative estimate of drug-likeness (QED) is 0.770. The molecule has 0 aliphatic rings. The van der Waals surface area contributed by atoms with Crippen LogP contribution in [0.3, 0.4) is 0 Å². The third kappa shape index (κ3) is 2.80. The van der Waals surface area contributed by atoms with Crippen molar-refractivity contribution in [2.45, 2.75) is 39.6 Å². The molecule has 2 nitrogen and oxygen atoms in total. The van der Waals surface area contributed by atoms with Gasteiger partial charge in [0, 0.05) is 12.1 Å². The van der Waals surface area contributed by atoms with Gasteiger partial charge in [0.1, 0.15) is 0 Å². The van der Waals surface area contributed by atoms with E-state index in [0.29, 0.717) is 12.1 Å². The molecule has 0 saturated carbocycles. The number of alkyl halides is 1. The van der Waals surface area contributed by atoms with Gasteiger partial charge in [-0.15, -0.1) is 11.6 Å². The van der Waals surface area contributed by atoms with Crippen LogP contribution in [0.4, 0.5) is 0 Å². The van der Waals surface area contributed by atoms with E-state index >= 15 is 0 Å². The molecule has 3 heteroatoms. The highest BCUT2D eigenvalue weighted by Crippen LogP contribution is 2.22. The molecule has 20 heavy (non-hydrogen) atoms. The van der Waals surface area contributed by atoms with Gasteiger partial charge >= 0.3 is 0 Å². The molecule has 0 spiro atoms. The first kappa shape index (κ1) is 14.9. The summed E-state index contributed by atoms with van der Waals surface area (Å²) in [4.78, 5) is 12.4. The maximum Gasteiger partial charge on any atom is 0.255 e. The third-order valence-corrected chi connectivity index (χ3v) is 3.93. The van der Waals surface area contributed by atoms with Crippen molar-refractivity contribution in [3.63, 3.8) is 0 Å². The van der Waals surface area contributed by atoms with Gasteiger partial charge in [0.05, 0.1) is 11.6 Å². The minimum absolute atomic E-state index is 0.0255. The van der Waals surface area contributed by atoms with Crippen LogP contribution in [0.2, 0.25) is 0 Å². The van der Waals surface area contributed by atoms with Crippen molar-refractivity contribution < 1.29 is 0 Å². The summed E-state index contributed by atoms with van der Waals surface area (Å²) < 4.78 is 1.84. The second kappa shape index (κ2) is 6.27. The topological polar surface area (TPSA) is 22.0 Å². The van der Waals surface area contributed by atoms with Gasteiger partial charge in [0.25, 0.3) is 5.56 Å². The number of aromatic nitrogens is 1. The molecular formula is C17H20ClNO. The Balaban J connectivity index is 2.63. The molecular weight excluding hydrogens is 270 g/mol. The molecule has 1 aromatic carbocycles. The molecule has 0 bridgehead atoms. The summed E-state index contributed by atoms with van der Waals surface area (Å²) >= 11 is 5.84. The molecule has 0 radical (unpaired) electrons. The van der Waals surface area contributed by atoms with E-state index in [1.165, 1.54) is 11.1 Å². The standard InChI is InChI=1S/C17H20ClNO/c1-4-9-19-16(8-7-15(11-18)17(19)20)14-6-5-12(2)13(3)10-14/h5-8,10H,4,9,11H2,1-3H3. The van der Waals surface area contributed by atoms with Crippen LogP contribution in [-0.4, -0.2) is 4.57 Å². The number of aryl methyl sites for hydroxylation is 2. The molecule has 1 aromatic heterocycles. The van der Waals surface area contributed by atoms with Crippen molar-refractivity contribution in [2.24, 2.45) is 0 Å². The Morgan fingerprint density at radius 1 is 1.10 bits per heavy atom. The van der Waals surface area contributed by atoms with Crippen LogP contribution in [0.15, 0.2) is 35.1 Å². The number of hydrogen-bond acceptors (Lipinski definition) is 1. The van der Waals surface area contributed by atoms with E-state index in [1.807, 2.05) is 16.7 Å². The molecule has 0 aliphatic carbocycles. The molecule has 2 rings (SSSR count). The molecule has 0 amide bonds. The van der Waals surface area contributed by atoms with Gasteiger partial charge in [-0.25, -0.2) is 0 Å². The highest BCUT2D eigenvalue weighted by Gasteiger charge is 2.10. The minimum atomic E-state index is 0.0255. The highest BCUT2D eigenvalue weighted by atomic mass is 35.5. The van der Waals surface area contributed by atoms with Gasteiger partial charge in [0.15, 0.2) is 0 Å². The lowest BCUT2D eigenvalue weighted by Gasteiger charge is -2.14. The van der Waals surface area contributed by atoms with Gasteiger partial charge in [-0.1, -0.05) is 25.1 Å². The molecule has 106 valence electrons. The number of pyridine rings is 1. The monoisotopic (exact) mass is 289 g/mol. The van der Waals surface area contributed by atoms with Gasteiger partial charge in [-0.2, -0.15) is 0 Å². The number of halogens is 1. The first-order valence-corrected chi connectivity index (χ1v) is 7.48. The van der Waals surface area contributed by atoms with Gasteiger partial charge < -0.3 is 4.57 Å². The fourth-order valence-electron chi connectivity index (χ4n) is 2.32. The smallest absolute Gasteiger partial charge is 0.255 e. The first-order valence-electron chi connectivity index (χ1n) is 6.94. The van der Waals surface area contributed by atoms with Crippen molar-refractivity contribution in [1.29, 1.82) is 0 Å². The Bertz CT molecular complexity index is 673. The Kier molecular flexibility index (Phi) is 4.66. The molecule has 0 aliphatic heterocycles. The summed E-state index contributed by atoms with van der Waals surface area (Å²) in [5.41, 5.74) is 5.23. The van der Waals surface area contributed by atoms with Crippen LogP contribution in [0.1, 0.15) is 30.0 Å². The molecule has 0 atom stereocenters. The van der Waals surface area contributed by atoms with Gasteiger partial charge in [-0.3, -0.25) is 4.79 Å². The van der Waals surface area contributed by atoms with Gasteiger partial charge in [0.2, 0.25) is 0 Å². The maximum absolute atomic E-state index is 12.4. The average Bonchev–Trinajstić information content (AvgIpc) is 2.44. The van der Waals surface area contributed by atoms with E-state index in [0.717, 1.165) is 17.7 Å². The third-order valence-electron chi connectivity index (χ3n) is 3.65. The van der Waals surface area contributed by atoms with Crippen molar-refractivity contribution in [1.82, 2.24) is 4.57 Å². The Morgan fingerprint density at radius 2 is 1.85 bits per heavy atom. The minimum Gasteiger partial charge on any atom is -0.308 e. The Labute approximate surface area is 125 Å². The first-order chi connectivity index (χ1) is 9.58. The normalized spacial score (nSPS) is 10.8. The average molecular weight is 290 g/mol. The number of nitrogens with zero attached hydrogens (tertiary/aromatic N) is 1. The van der Waals surface area contributed by atoms with Crippen molar-refractivity contribution in [3.8, 4) is 11.3 Å². The van der Waals surface area contributed by atoms with E-state index in [1.54, 1.807) is 0 Å². The number of rotatable bonds is 4. The van der Waals surface area contributed by atoms with Crippen LogP contribution in [0.25, 0.3) is 11.3 Å². The second-order valence-electron chi connectivity index (χ2n) is 5.13. The van der Waals surface area contributed by atoms with Crippen molar-refractivity contribution in [2.75, 3.05) is 0 Å². The highest BCUT2D eigenvalue weighted by molar-refractivity contribution is 6.17. The second-order valence-corrected chi connectivity index (χ2v) is 5.40. The van der Waals surface area contributed by atoms with E-state index in [-0.39, 0.29) is 11.4 Å². The summed E-state index contributed by atoms with van der Waals surface area (Å²) in [6, 6.07) is 10.1. The van der Waals surface area contributed by atoms with Crippen LogP contribution in [-0.2, 0) is 12.4 Å². The zero-order valence-electron chi connectivity index (χ0n) is 12.2. The summed E-state index contributed by atoms with van der Waals surface area (Å²) in [6.45, 7) is 6.97.